The Morgan fingerprint density at radius 3 is 2.42 bits per heavy atom. The van der Waals surface area contributed by atoms with Crippen LogP contribution in [-0.2, 0) is 23.0 Å². The number of hydrogen-bond donors (Lipinski definition) is 0. The Hall–Kier alpha value is -3.30. The lowest BCUT2D eigenvalue weighted by Crippen LogP contribution is -2.20. The molecule has 0 fully saturated rings. The predicted octanol–water partition coefficient (Wildman–Crippen LogP) is 1.46. The number of rotatable bonds is 5. The molecular formula is C14H13N3O7. The fourth-order valence-electron chi connectivity index (χ4n) is 2.39. The molecule has 126 valence electrons. The lowest BCUT2D eigenvalue weighted by atomic mass is 10.0. The van der Waals surface area contributed by atoms with Gasteiger partial charge in [0.2, 0.25) is 0 Å². The third-order valence-electron chi connectivity index (χ3n) is 3.43. The molecule has 24 heavy (non-hydrogen) atoms. The molecule has 10 nitrogen and oxygen atoms in total. The second-order valence-corrected chi connectivity index (χ2v) is 4.92. The zero-order chi connectivity index (χ0) is 18.0. The van der Waals surface area contributed by atoms with Crippen LogP contribution in [0.3, 0.4) is 0 Å². The maximum atomic E-state index is 12.0. The summed E-state index contributed by atoms with van der Waals surface area (Å²) in [5.74, 6) is -0.638. The van der Waals surface area contributed by atoms with E-state index in [1.807, 2.05) is 0 Å². The van der Waals surface area contributed by atoms with Gasteiger partial charge in [-0.2, -0.15) is 0 Å². The van der Waals surface area contributed by atoms with E-state index in [4.69, 9.17) is 4.74 Å². The van der Waals surface area contributed by atoms with Crippen LogP contribution in [0.15, 0.2) is 23.0 Å². The molecule has 1 aromatic heterocycles. The highest BCUT2D eigenvalue weighted by molar-refractivity contribution is 5.94. The number of carbonyl (C=O) groups is 1. The lowest BCUT2D eigenvalue weighted by Gasteiger charge is -2.10. The van der Waals surface area contributed by atoms with Crippen LogP contribution in [0.4, 0.5) is 11.4 Å². The van der Waals surface area contributed by atoms with Crippen molar-refractivity contribution in [2.24, 2.45) is 7.05 Å². The second kappa shape index (κ2) is 6.44. The summed E-state index contributed by atoms with van der Waals surface area (Å²) in [5.41, 5.74) is -1.60. The molecule has 0 spiro atoms. The highest BCUT2D eigenvalue weighted by atomic mass is 16.6. The van der Waals surface area contributed by atoms with Gasteiger partial charge in [-0.1, -0.05) is 0 Å². The van der Waals surface area contributed by atoms with Crippen LogP contribution in [0.1, 0.15) is 12.5 Å². The van der Waals surface area contributed by atoms with Crippen LogP contribution < -0.4 is 5.56 Å². The number of nitro benzene ring substituents is 2. The summed E-state index contributed by atoms with van der Waals surface area (Å²) in [4.78, 5) is 44.5. The number of nitro groups is 2. The van der Waals surface area contributed by atoms with Gasteiger partial charge in [0.15, 0.2) is 0 Å². The average molecular weight is 335 g/mol. The zero-order valence-electron chi connectivity index (χ0n) is 12.8. The van der Waals surface area contributed by atoms with Crippen molar-refractivity contribution in [1.82, 2.24) is 4.57 Å². The largest absolute Gasteiger partial charge is 0.466 e. The maximum absolute atomic E-state index is 12.0. The number of fused-ring (bicyclic) bond motifs is 1. The molecule has 0 aliphatic carbocycles. The first-order valence-electron chi connectivity index (χ1n) is 6.87. The predicted molar refractivity (Wildman–Crippen MR) is 82.8 cm³/mol. The minimum absolute atomic E-state index is 0.0857. The van der Waals surface area contributed by atoms with E-state index in [0.717, 1.165) is 22.8 Å². The van der Waals surface area contributed by atoms with E-state index in [9.17, 15) is 29.8 Å². The molecule has 0 saturated carbocycles. The molecule has 0 unspecified atom stereocenters. The fraction of sp³-hybridized carbons (Fsp3) is 0.286. The van der Waals surface area contributed by atoms with Gasteiger partial charge in [0, 0.05) is 24.6 Å². The van der Waals surface area contributed by atoms with Crippen molar-refractivity contribution in [2.75, 3.05) is 6.61 Å². The van der Waals surface area contributed by atoms with Gasteiger partial charge in [0.05, 0.1) is 28.9 Å². The molecule has 0 atom stereocenters. The Balaban J connectivity index is 2.86. The Kier molecular flexibility index (Phi) is 4.58. The summed E-state index contributed by atoms with van der Waals surface area (Å²) in [6.07, 6.45) is -0.321. The quantitative estimate of drug-likeness (QED) is 0.458. The van der Waals surface area contributed by atoms with Crippen LogP contribution in [-0.4, -0.2) is 27.0 Å². The van der Waals surface area contributed by atoms with Gasteiger partial charge < -0.3 is 9.30 Å². The summed E-state index contributed by atoms with van der Waals surface area (Å²) in [7, 11) is 1.32. The molecule has 0 N–H and O–H groups in total. The number of benzene rings is 1. The molecule has 2 rings (SSSR count). The number of pyridine rings is 1. The number of non-ortho nitro benzene ring substituents is 2. The Bertz CT molecular complexity index is 917. The molecule has 10 heteroatoms. The number of nitrogens with zero attached hydrogens (tertiary/aromatic N) is 3. The molecule has 0 aliphatic heterocycles. The molecule has 0 saturated heterocycles. The summed E-state index contributed by atoms with van der Waals surface area (Å²) < 4.78 is 5.82. The Morgan fingerprint density at radius 1 is 1.21 bits per heavy atom. The fourth-order valence-corrected chi connectivity index (χ4v) is 2.39. The highest BCUT2D eigenvalue weighted by Crippen LogP contribution is 2.32. The van der Waals surface area contributed by atoms with Crippen LogP contribution in [0.5, 0.6) is 0 Å². The number of carbonyl (C=O) groups excluding carboxylic acids is 1. The van der Waals surface area contributed by atoms with E-state index in [1.165, 1.54) is 7.05 Å². The highest BCUT2D eigenvalue weighted by Gasteiger charge is 2.24. The molecule has 0 radical (unpaired) electrons. The van der Waals surface area contributed by atoms with E-state index in [0.29, 0.717) is 0 Å². The molecule has 0 bridgehead atoms. The normalized spacial score (nSPS) is 10.6. The number of aromatic nitrogens is 1. The van der Waals surface area contributed by atoms with Crippen LogP contribution in [0, 0.1) is 20.2 Å². The molecular weight excluding hydrogens is 322 g/mol. The Labute approximate surface area is 134 Å². The Morgan fingerprint density at radius 2 is 1.88 bits per heavy atom. The van der Waals surface area contributed by atoms with E-state index in [2.05, 4.69) is 0 Å². The number of esters is 1. The lowest BCUT2D eigenvalue weighted by molar-refractivity contribution is -0.393. The van der Waals surface area contributed by atoms with Gasteiger partial charge in [0.1, 0.15) is 5.52 Å². The second-order valence-electron chi connectivity index (χ2n) is 4.92. The smallest absolute Gasteiger partial charge is 0.310 e. The van der Waals surface area contributed by atoms with E-state index < -0.39 is 32.7 Å². The monoisotopic (exact) mass is 335 g/mol. The number of hydrogen-bond acceptors (Lipinski definition) is 7. The van der Waals surface area contributed by atoms with Gasteiger partial charge in [-0.05, 0) is 12.5 Å². The van der Waals surface area contributed by atoms with Crippen LogP contribution >= 0.6 is 0 Å². The van der Waals surface area contributed by atoms with E-state index >= 15 is 0 Å². The minimum atomic E-state index is -0.803. The summed E-state index contributed by atoms with van der Waals surface area (Å²) in [6.45, 7) is 1.73. The molecule has 1 aromatic carbocycles. The van der Waals surface area contributed by atoms with Gasteiger partial charge in [-0.25, -0.2) is 0 Å². The van der Waals surface area contributed by atoms with Crippen molar-refractivity contribution in [3.8, 4) is 0 Å². The summed E-state index contributed by atoms with van der Waals surface area (Å²) >= 11 is 0. The number of ether oxygens (including phenoxy) is 1. The first-order chi connectivity index (χ1) is 11.3. The third kappa shape index (κ3) is 3.07. The summed E-state index contributed by atoms with van der Waals surface area (Å²) in [5, 5.41) is 22.4. The van der Waals surface area contributed by atoms with Gasteiger partial charge in [-0.3, -0.25) is 29.8 Å². The van der Waals surface area contributed by atoms with Gasteiger partial charge >= 0.3 is 5.97 Å². The van der Waals surface area contributed by atoms with Gasteiger partial charge in [0.25, 0.3) is 16.9 Å². The van der Waals surface area contributed by atoms with E-state index in [1.54, 1.807) is 6.92 Å². The van der Waals surface area contributed by atoms with Crippen LogP contribution in [0.25, 0.3) is 10.9 Å². The average Bonchev–Trinajstić information content (AvgIpc) is 2.51. The maximum Gasteiger partial charge on any atom is 0.310 e. The first kappa shape index (κ1) is 17.1. The molecule has 0 aliphatic rings. The SMILES string of the molecule is CCOC(=O)Cc1cc(=O)n(C)c2c([N+](=O)[O-])cc([N+](=O)[O-])cc12. The minimum Gasteiger partial charge on any atom is -0.466 e. The van der Waals surface area contributed by atoms with Crippen molar-refractivity contribution >= 4 is 28.2 Å². The number of aryl methyl sites for hydroxylation is 1. The molecule has 1 heterocycles. The van der Waals surface area contributed by atoms with Crippen molar-refractivity contribution in [2.45, 2.75) is 13.3 Å². The van der Waals surface area contributed by atoms with Crippen molar-refractivity contribution < 1.29 is 19.4 Å². The van der Waals surface area contributed by atoms with Crippen molar-refractivity contribution in [1.29, 1.82) is 0 Å². The van der Waals surface area contributed by atoms with Crippen molar-refractivity contribution in [3.63, 3.8) is 0 Å². The first-order valence-corrected chi connectivity index (χ1v) is 6.87. The zero-order valence-corrected chi connectivity index (χ0v) is 12.8. The third-order valence-corrected chi connectivity index (χ3v) is 3.43. The standard InChI is InChI=1S/C14H13N3O7/c1-3-24-13(19)5-8-4-12(18)15(2)14-10(8)6-9(16(20)21)7-11(14)17(22)23/h4,6-7H,3,5H2,1-2H3. The molecule has 0 amide bonds. The topological polar surface area (TPSA) is 135 Å². The van der Waals surface area contributed by atoms with Gasteiger partial charge in [-0.15, -0.1) is 0 Å². The van der Waals surface area contributed by atoms with Crippen molar-refractivity contribution in [3.05, 3.63) is 54.3 Å². The van der Waals surface area contributed by atoms with Crippen LogP contribution in [0.2, 0.25) is 0 Å². The van der Waals surface area contributed by atoms with E-state index in [-0.39, 0.29) is 29.5 Å². The molecule has 2 aromatic rings. The summed E-state index contributed by atoms with van der Waals surface area (Å²) in [6, 6.07) is 3.01.